The lowest BCUT2D eigenvalue weighted by Crippen LogP contribution is -2.32. The van der Waals surface area contributed by atoms with E-state index in [0.29, 0.717) is 0 Å². The van der Waals surface area contributed by atoms with Crippen LogP contribution in [0.4, 0.5) is 0 Å². The molecule has 0 saturated heterocycles. The topological polar surface area (TPSA) is 9.23 Å². The number of rotatable bonds is 7. The Morgan fingerprint density at radius 3 is 2.06 bits per heavy atom. The molecule has 1 nitrogen and oxygen atoms in total. The Bertz CT molecular complexity index is 291. The Kier molecular flexibility index (Phi) is 8.84. The van der Waals surface area contributed by atoms with E-state index in [-0.39, 0.29) is 5.60 Å². The van der Waals surface area contributed by atoms with Gasteiger partial charge in [-0.25, -0.2) is 0 Å². The fourth-order valence-corrected chi connectivity index (χ4v) is 3.58. The third-order valence-electron chi connectivity index (χ3n) is 2.27. The van der Waals surface area contributed by atoms with E-state index in [0.717, 1.165) is 18.5 Å². The average molecular weight is 249 g/mol. The van der Waals surface area contributed by atoms with Crippen molar-refractivity contribution in [2.24, 2.45) is 0 Å². The van der Waals surface area contributed by atoms with Gasteiger partial charge in [-0.15, -0.1) is 11.8 Å². The maximum absolute atomic E-state index is 6.24. The third kappa shape index (κ3) is 8.97. The van der Waals surface area contributed by atoms with E-state index in [2.05, 4.69) is 63.8 Å². The van der Waals surface area contributed by atoms with E-state index < -0.39 is 9.04 Å². The van der Waals surface area contributed by atoms with Crippen molar-refractivity contribution in [2.75, 3.05) is 0 Å². The van der Waals surface area contributed by atoms with E-state index in [4.69, 9.17) is 4.43 Å². The summed E-state index contributed by atoms with van der Waals surface area (Å²) >= 11 is 0. The Morgan fingerprint density at radius 2 is 1.65 bits per heavy atom. The molecule has 2 heteroatoms. The first-order valence-corrected chi connectivity index (χ1v) is 8.03. The second-order valence-electron chi connectivity index (χ2n) is 4.55. The van der Waals surface area contributed by atoms with Gasteiger partial charge in [-0.05, 0) is 46.7 Å². The molecule has 0 aliphatic carbocycles. The summed E-state index contributed by atoms with van der Waals surface area (Å²) in [5, 5.41) is 0. The molecule has 0 saturated carbocycles. The van der Waals surface area contributed by atoms with Crippen molar-refractivity contribution < 1.29 is 4.43 Å². The summed E-state index contributed by atoms with van der Waals surface area (Å²) in [4.78, 5) is 0. The molecule has 0 atom stereocenters. The SMILES string of the molecule is CC#CCC(C)(C)O[Si](C/C=C\C)C/C=C\C. The molecule has 1 radical (unpaired) electrons. The van der Waals surface area contributed by atoms with Crippen LogP contribution in [0.15, 0.2) is 24.3 Å². The molecular weight excluding hydrogens is 224 g/mol. The van der Waals surface area contributed by atoms with Crippen LogP contribution in [0.5, 0.6) is 0 Å². The van der Waals surface area contributed by atoms with Crippen LogP contribution in [0, 0.1) is 11.8 Å². The quantitative estimate of drug-likeness (QED) is 0.370. The van der Waals surface area contributed by atoms with E-state index >= 15 is 0 Å². The highest BCUT2D eigenvalue weighted by Gasteiger charge is 2.23. The van der Waals surface area contributed by atoms with Gasteiger partial charge < -0.3 is 4.43 Å². The lowest BCUT2D eigenvalue weighted by molar-refractivity contribution is 0.113. The predicted molar refractivity (Wildman–Crippen MR) is 78.2 cm³/mol. The van der Waals surface area contributed by atoms with Crippen LogP contribution in [0.2, 0.25) is 12.1 Å². The van der Waals surface area contributed by atoms with Crippen LogP contribution in [-0.4, -0.2) is 14.6 Å². The molecule has 0 aromatic heterocycles. The summed E-state index contributed by atoms with van der Waals surface area (Å²) in [5.41, 5.74) is -0.125. The zero-order chi connectivity index (χ0) is 13.1. The largest absolute Gasteiger partial charge is 0.410 e. The Morgan fingerprint density at radius 1 is 1.12 bits per heavy atom. The van der Waals surface area contributed by atoms with Gasteiger partial charge >= 0.3 is 0 Å². The number of allylic oxidation sites excluding steroid dienone is 4. The fraction of sp³-hybridized carbons (Fsp3) is 0.600. The van der Waals surface area contributed by atoms with Crippen molar-refractivity contribution >= 4 is 9.04 Å². The first-order valence-electron chi connectivity index (χ1n) is 6.21. The molecule has 0 aliphatic rings. The molecule has 0 heterocycles. The molecule has 0 rings (SSSR count). The highest BCUT2D eigenvalue weighted by molar-refractivity contribution is 6.53. The van der Waals surface area contributed by atoms with Gasteiger partial charge in [0, 0.05) is 6.42 Å². The first-order chi connectivity index (χ1) is 8.05. The summed E-state index contributed by atoms with van der Waals surface area (Å²) < 4.78 is 6.24. The van der Waals surface area contributed by atoms with Crippen molar-refractivity contribution in [3.05, 3.63) is 24.3 Å². The maximum atomic E-state index is 6.24. The van der Waals surface area contributed by atoms with Crippen molar-refractivity contribution in [1.82, 2.24) is 0 Å². The van der Waals surface area contributed by atoms with Gasteiger partial charge in [-0.2, -0.15) is 0 Å². The molecule has 0 unspecified atom stereocenters. The number of hydrogen-bond acceptors (Lipinski definition) is 1. The Balaban J connectivity index is 4.40. The fourth-order valence-electron chi connectivity index (χ4n) is 1.39. The lowest BCUT2D eigenvalue weighted by atomic mass is 10.1. The molecule has 0 bridgehead atoms. The first kappa shape index (κ1) is 16.2. The van der Waals surface area contributed by atoms with Crippen LogP contribution in [-0.2, 0) is 4.43 Å². The zero-order valence-corrected chi connectivity index (χ0v) is 12.8. The van der Waals surface area contributed by atoms with Crippen LogP contribution in [0.3, 0.4) is 0 Å². The molecule has 0 aromatic rings. The summed E-state index contributed by atoms with van der Waals surface area (Å²) in [7, 11) is -0.798. The summed E-state index contributed by atoms with van der Waals surface area (Å²) in [6.07, 6.45) is 9.42. The Labute approximate surface area is 109 Å². The molecule has 0 N–H and O–H groups in total. The maximum Gasteiger partial charge on any atom is 0.220 e. The van der Waals surface area contributed by atoms with Crippen molar-refractivity contribution in [1.29, 1.82) is 0 Å². The molecule has 0 fully saturated rings. The minimum absolute atomic E-state index is 0.125. The highest BCUT2D eigenvalue weighted by Crippen LogP contribution is 2.19. The molecular formula is C15H25OSi. The van der Waals surface area contributed by atoms with E-state index in [9.17, 15) is 0 Å². The van der Waals surface area contributed by atoms with Gasteiger partial charge in [0.15, 0.2) is 0 Å². The minimum Gasteiger partial charge on any atom is -0.410 e. The highest BCUT2D eigenvalue weighted by atomic mass is 28.3. The molecule has 0 aromatic carbocycles. The van der Waals surface area contributed by atoms with E-state index in [1.165, 1.54) is 0 Å². The smallest absolute Gasteiger partial charge is 0.220 e. The third-order valence-corrected chi connectivity index (χ3v) is 4.50. The monoisotopic (exact) mass is 249 g/mol. The standard InChI is InChI=1S/C15H25OSi/c1-6-9-12-15(4,5)16-17(13-10-7-2)14-11-8-3/h7-8,10-11H,12-14H2,1-5H3/b10-7-,11-8-. The van der Waals surface area contributed by atoms with E-state index in [1.807, 2.05) is 6.92 Å². The second-order valence-corrected chi connectivity index (χ2v) is 6.65. The Hall–Kier alpha value is -0.783. The van der Waals surface area contributed by atoms with E-state index in [1.54, 1.807) is 0 Å². The van der Waals surface area contributed by atoms with Gasteiger partial charge in [0.2, 0.25) is 9.04 Å². The van der Waals surface area contributed by atoms with Gasteiger partial charge in [-0.3, -0.25) is 0 Å². The second kappa shape index (κ2) is 9.27. The van der Waals surface area contributed by atoms with Crippen LogP contribution < -0.4 is 0 Å². The molecule has 95 valence electrons. The molecule has 17 heavy (non-hydrogen) atoms. The normalized spacial score (nSPS) is 12.4. The van der Waals surface area contributed by atoms with Crippen molar-refractivity contribution in [3.8, 4) is 11.8 Å². The summed E-state index contributed by atoms with van der Waals surface area (Å²) in [6, 6.07) is 2.13. The van der Waals surface area contributed by atoms with Crippen molar-refractivity contribution in [3.63, 3.8) is 0 Å². The minimum atomic E-state index is -0.798. The number of hydrogen-bond donors (Lipinski definition) is 0. The molecule has 0 spiro atoms. The zero-order valence-electron chi connectivity index (χ0n) is 11.8. The van der Waals surface area contributed by atoms with Gasteiger partial charge in [0.05, 0.1) is 5.60 Å². The molecule has 0 aliphatic heterocycles. The lowest BCUT2D eigenvalue weighted by Gasteiger charge is -2.27. The average Bonchev–Trinajstić information content (AvgIpc) is 2.30. The summed E-state index contributed by atoms with van der Waals surface area (Å²) in [6.45, 7) is 10.3. The summed E-state index contributed by atoms with van der Waals surface area (Å²) in [5.74, 6) is 6.05. The van der Waals surface area contributed by atoms with Crippen LogP contribution >= 0.6 is 0 Å². The van der Waals surface area contributed by atoms with Gasteiger partial charge in [0.1, 0.15) is 0 Å². The van der Waals surface area contributed by atoms with Crippen LogP contribution in [0.1, 0.15) is 41.0 Å². The van der Waals surface area contributed by atoms with Crippen molar-refractivity contribution in [2.45, 2.75) is 58.7 Å². The van der Waals surface area contributed by atoms with Crippen LogP contribution in [0.25, 0.3) is 0 Å². The van der Waals surface area contributed by atoms with Gasteiger partial charge in [-0.1, -0.05) is 24.3 Å². The predicted octanol–water partition coefficient (Wildman–Crippen LogP) is 4.34. The molecule has 0 amide bonds. The van der Waals surface area contributed by atoms with Gasteiger partial charge in [0.25, 0.3) is 0 Å².